The fraction of sp³-hybridized carbons (Fsp3) is 0.571. The van der Waals surface area contributed by atoms with Crippen molar-refractivity contribution >= 4 is 18.2 Å². The second-order valence-electron chi connectivity index (χ2n) is 7.41. The van der Waals surface area contributed by atoms with E-state index in [0.29, 0.717) is 25.2 Å². The predicted octanol–water partition coefficient (Wildman–Crippen LogP) is 3.94. The molecule has 27 heavy (non-hydrogen) atoms. The van der Waals surface area contributed by atoms with E-state index in [1.54, 1.807) is 12.3 Å². The van der Waals surface area contributed by atoms with Crippen molar-refractivity contribution in [1.29, 1.82) is 0 Å². The zero-order valence-corrected chi connectivity index (χ0v) is 17.0. The molecule has 0 spiro atoms. The molecule has 0 radical (unpaired) electrons. The molecule has 0 bridgehead atoms. The van der Waals surface area contributed by atoms with Gasteiger partial charge in [-0.3, -0.25) is 9.79 Å². The van der Waals surface area contributed by atoms with Crippen LogP contribution in [0.5, 0.6) is 0 Å². The van der Waals surface area contributed by atoms with Gasteiger partial charge < -0.3 is 15.4 Å². The topological polar surface area (TPSA) is 79.8 Å². The molecule has 0 unspecified atom stereocenters. The molecule has 6 nitrogen and oxygen atoms in total. The van der Waals surface area contributed by atoms with E-state index >= 15 is 0 Å². The average Bonchev–Trinajstić information content (AvgIpc) is 2.60. The molecule has 150 valence electrons. The maximum atomic E-state index is 12.2. The van der Waals surface area contributed by atoms with E-state index in [1.165, 1.54) is 12.8 Å². The number of rotatable bonds is 10. The molecule has 0 fully saturated rings. The van der Waals surface area contributed by atoms with E-state index in [-0.39, 0.29) is 5.91 Å². The van der Waals surface area contributed by atoms with Crippen LogP contribution in [-0.2, 0) is 4.74 Å². The normalized spacial score (nSPS) is 11.4. The molecule has 6 heteroatoms. The third-order valence-corrected chi connectivity index (χ3v) is 3.61. The number of alkyl carbamates (subject to hydrolysis) is 1. The lowest BCUT2D eigenvalue weighted by atomic mass is 10.1. The molecule has 0 heterocycles. The highest BCUT2D eigenvalue weighted by Crippen LogP contribution is 2.06. The first-order valence-corrected chi connectivity index (χ1v) is 9.67. The fourth-order valence-corrected chi connectivity index (χ4v) is 2.32. The third-order valence-electron chi connectivity index (χ3n) is 3.61. The quantitative estimate of drug-likeness (QED) is 0.480. The van der Waals surface area contributed by atoms with E-state index < -0.39 is 11.7 Å². The van der Waals surface area contributed by atoms with Crippen molar-refractivity contribution in [1.82, 2.24) is 10.6 Å². The van der Waals surface area contributed by atoms with Crippen LogP contribution in [0.1, 0.15) is 69.3 Å². The third kappa shape index (κ3) is 11.1. The summed E-state index contributed by atoms with van der Waals surface area (Å²) in [5.74, 6) is -0.0617. The van der Waals surface area contributed by atoms with Crippen LogP contribution < -0.4 is 10.6 Å². The van der Waals surface area contributed by atoms with Gasteiger partial charge in [0, 0.05) is 24.9 Å². The van der Waals surface area contributed by atoms with Crippen molar-refractivity contribution in [3.63, 3.8) is 0 Å². The minimum atomic E-state index is -0.510. The first-order chi connectivity index (χ1) is 12.8. The van der Waals surface area contributed by atoms with Crippen LogP contribution in [0.25, 0.3) is 0 Å². The Morgan fingerprint density at radius 2 is 1.89 bits per heavy atom. The van der Waals surface area contributed by atoms with Gasteiger partial charge in [-0.2, -0.15) is 0 Å². The van der Waals surface area contributed by atoms with Crippen LogP contribution in [0, 0.1) is 0 Å². The van der Waals surface area contributed by atoms with E-state index in [2.05, 4.69) is 22.5 Å². The minimum absolute atomic E-state index is 0.0617. The van der Waals surface area contributed by atoms with Crippen LogP contribution in [-0.4, -0.2) is 43.5 Å². The van der Waals surface area contributed by atoms with Crippen LogP contribution in [0.2, 0.25) is 0 Å². The number of ether oxygens (including phenoxy) is 1. The monoisotopic (exact) mass is 375 g/mol. The smallest absolute Gasteiger partial charge is 0.407 e. The highest BCUT2D eigenvalue weighted by atomic mass is 16.6. The number of aliphatic imine (C=N–C) groups is 1. The van der Waals surface area contributed by atoms with E-state index in [0.717, 1.165) is 18.4 Å². The molecule has 2 amide bonds. The Balaban J connectivity index is 2.37. The van der Waals surface area contributed by atoms with E-state index in [4.69, 9.17) is 4.74 Å². The molecule has 0 saturated heterocycles. The number of hydrogen-bond acceptors (Lipinski definition) is 4. The summed E-state index contributed by atoms with van der Waals surface area (Å²) in [6.45, 7) is 9.15. The average molecular weight is 376 g/mol. The molecule has 1 aromatic carbocycles. The number of carbonyl (C=O) groups is 2. The van der Waals surface area contributed by atoms with Gasteiger partial charge in [-0.1, -0.05) is 38.3 Å². The van der Waals surface area contributed by atoms with E-state index in [9.17, 15) is 9.59 Å². The van der Waals surface area contributed by atoms with E-state index in [1.807, 2.05) is 39.0 Å². The van der Waals surface area contributed by atoms with Crippen molar-refractivity contribution in [2.45, 2.75) is 59.0 Å². The Labute approximate surface area is 162 Å². The molecule has 1 aromatic rings. The van der Waals surface area contributed by atoms with Crippen molar-refractivity contribution in [2.24, 2.45) is 4.99 Å². The number of carbonyl (C=O) groups excluding carboxylic acids is 2. The van der Waals surface area contributed by atoms with Crippen LogP contribution in [0.15, 0.2) is 29.3 Å². The number of nitrogens with one attached hydrogen (secondary N) is 2. The lowest BCUT2D eigenvalue weighted by Gasteiger charge is -2.19. The first kappa shape index (κ1) is 22.7. The van der Waals surface area contributed by atoms with Gasteiger partial charge in [0.05, 0.1) is 6.54 Å². The lowest BCUT2D eigenvalue weighted by molar-refractivity contribution is 0.0529. The van der Waals surface area contributed by atoms with Crippen LogP contribution in [0.4, 0.5) is 4.79 Å². The van der Waals surface area contributed by atoms with Gasteiger partial charge in [-0.05, 0) is 44.9 Å². The summed E-state index contributed by atoms with van der Waals surface area (Å²) >= 11 is 0. The van der Waals surface area contributed by atoms with Crippen molar-refractivity contribution in [3.05, 3.63) is 35.4 Å². The van der Waals surface area contributed by atoms with Gasteiger partial charge in [-0.15, -0.1) is 0 Å². The number of amides is 2. The number of nitrogens with zero attached hydrogens (tertiary/aromatic N) is 1. The largest absolute Gasteiger partial charge is 0.444 e. The van der Waals surface area contributed by atoms with Crippen LogP contribution in [0.3, 0.4) is 0 Å². The molecule has 0 aromatic heterocycles. The first-order valence-electron chi connectivity index (χ1n) is 9.67. The number of unbranched alkanes of at least 4 members (excludes halogenated alkanes) is 3. The SMILES string of the molecule is CCCCCCNC(=O)c1cccc(C=NCCNC(=O)OC(C)(C)C)c1. The van der Waals surface area contributed by atoms with Crippen LogP contribution >= 0.6 is 0 Å². The summed E-state index contributed by atoms with van der Waals surface area (Å²) in [5, 5.41) is 5.60. The van der Waals surface area contributed by atoms with Gasteiger partial charge in [0.15, 0.2) is 0 Å². The molecule has 0 aliphatic heterocycles. The standard InChI is InChI=1S/C21H33N3O3/c1-5-6-7-8-12-23-19(25)18-11-9-10-17(15-18)16-22-13-14-24-20(26)27-21(2,3)4/h9-11,15-16H,5-8,12-14H2,1-4H3,(H,23,25)(H,24,26). The zero-order valence-electron chi connectivity index (χ0n) is 17.0. The summed E-state index contributed by atoms with van der Waals surface area (Å²) in [7, 11) is 0. The Morgan fingerprint density at radius 3 is 2.59 bits per heavy atom. The highest BCUT2D eigenvalue weighted by molar-refractivity contribution is 5.96. The van der Waals surface area contributed by atoms with Crippen molar-refractivity contribution < 1.29 is 14.3 Å². The maximum Gasteiger partial charge on any atom is 0.407 e. The summed E-state index contributed by atoms with van der Waals surface area (Å²) < 4.78 is 5.15. The predicted molar refractivity (Wildman–Crippen MR) is 110 cm³/mol. The molecule has 0 saturated carbocycles. The zero-order chi connectivity index (χ0) is 20.1. The van der Waals surface area contributed by atoms with Gasteiger partial charge in [-0.25, -0.2) is 4.79 Å². The van der Waals surface area contributed by atoms with Crippen molar-refractivity contribution in [2.75, 3.05) is 19.6 Å². The van der Waals surface area contributed by atoms with Gasteiger partial charge in [0.2, 0.25) is 0 Å². The second kappa shape index (κ2) is 12.1. The van der Waals surface area contributed by atoms with Crippen molar-refractivity contribution in [3.8, 4) is 0 Å². The highest BCUT2D eigenvalue weighted by Gasteiger charge is 2.15. The summed E-state index contributed by atoms with van der Waals surface area (Å²) in [6.07, 6.45) is 5.78. The fourth-order valence-electron chi connectivity index (χ4n) is 2.32. The van der Waals surface area contributed by atoms with Gasteiger partial charge in [0.25, 0.3) is 5.91 Å². The summed E-state index contributed by atoms with van der Waals surface area (Å²) in [5.41, 5.74) is 0.969. The minimum Gasteiger partial charge on any atom is -0.444 e. The second-order valence-corrected chi connectivity index (χ2v) is 7.41. The molecular weight excluding hydrogens is 342 g/mol. The summed E-state index contributed by atoms with van der Waals surface area (Å²) in [6, 6.07) is 7.34. The Bertz CT molecular complexity index is 621. The molecular formula is C21H33N3O3. The van der Waals surface area contributed by atoms with Gasteiger partial charge >= 0.3 is 6.09 Å². The number of benzene rings is 1. The molecule has 2 N–H and O–H groups in total. The maximum absolute atomic E-state index is 12.2. The Kier molecular flexibility index (Phi) is 10.2. The van der Waals surface area contributed by atoms with Gasteiger partial charge in [0.1, 0.15) is 5.60 Å². The lowest BCUT2D eigenvalue weighted by Crippen LogP contribution is -2.33. The molecule has 1 rings (SSSR count). The Hall–Kier alpha value is -2.37. The number of hydrogen-bond donors (Lipinski definition) is 2. The molecule has 0 aliphatic carbocycles. The molecule has 0 atom stereocenters. The summed E-state index contributed by atoms with van der Waals surface area (Å²) in [4.78, 5) is 28.0. The molecule has 0 aliphatic rings. The Morgan fingerprint density at radius 1 is 1.11 bits per heavy atom.